The number of aryl methyl sites for hydroxylation is 1. The van der Waals surface area contributed by atoms with Crippen molar-refractivity contribution in [3.8, 4) is 0 Å². The van der Waals surface area contributed by atoms with E-state index in [1.54, 1.807) is 18.4 Å². The van der Waals surface area contributed by atoms with Gasteiger partial charge >= 0.3 is 5.97 Å². The third kappa shape index (κ3) is 3.17. The minimum atomic E-state index is -1.11. The summed E-state index contributed by atoms with van der Waals surface area (Å²) in [5, 5.41) is 14.3. The van der Waals surface area contributed by atoms with Crippen LogP contribution in [0, 0.1) is 12.3 Å². The van der Waals surface area contributed by atoms with Crippen molar-refractivity contribution >= 4 is 22.6 Å². The Morgan fingerprint density at radius 1 is 1.14 bits per heavy atom. The van der Waals surface area contributed by atoms with E-state index in [4.69, 9.17) is 4.42 Å². The number of carboxylic acid groups (broad SMARTS) is 1. The predicted molar refractivity (Wildman–Crippen MR) is 107 cm³/mol. The van der Waals surface area contributed by atoms with Crippen molar-refractivity contribution in [2.45, 2.75) is 39.7 Å². The van der Waals surface area contributed by atoms with Crippen LogP contribution in [0.25, 0.3) is 10.8 Å². The molecule has 28 heavy (non-hydrogen) atoms. The molecule has 1 aliphatic carbocycles. The normalized spacial score (nSPS) is 17.9. The zero-order valence-electron chi connectivity index (χ0n) is 16.2. The number of amides is 1. The van der Waals surface area contributed by atoms with Gasteiger partial charge in [-0.05, 0) is 47.2 Å². The Hall–Kier alpha value is -3.08. The maximum atomic E-state index is 13.1. The first kappa shape index (κ1) is 18.3. The molecule has 0 radical (unpaired) electrons. The van der Waals surface area contributed by atoms with Gasteiger partial charge in [-0.1, -0.05) is 38.1 Å². The molecule has 144 valence electrons. The molecule has 1 aromatic heterocycles. The van der Waals surface area contributed by atoms with E-state index in [9.17, 15) is 14.7 Å². The van der Waals surface area contributed by atoms with Crippen molar-refractivity contribution in [3.63, 3.8) is 0 Å². The molecule has 0 saturated heterocycles. The van der Waals surface area contributed by atoms with E-state index in [2.05, 4.69) is 19.2 Å². The summed E-state index contributed by atoms with van der Waals surface area (Å²) in [6, 6.07) is 10.4. The minimum absolute atomic E-state index is 0.00964. The highest BCUT2D eigenvalue weighted by molar-refractivity contribution is 6.08. The van der Waals surface area contributed by atoms with E-state index in [0.717, 1.165) is 40.5 Å². The summed E-state index contributed by atoms with van der Waals surface area (Å²) in [5.41, 5.74) is 2.19. The van der Waals surface area contributed by atoms with Crippen molar-refractivity contribution in [3.05, 3.63) is 70.7 Å². The molecule has 1 amide bonds. The van der Waals surface area contributed by atoms with Gasteiger partial charge in [-0.15, -0.1) is 0 Å². The number of benzene rings is 2. The standard InChI is InChI=1S/C23H23NO4/c1-13-12-28-19-11-23(2,3)10-18(20(13)19)24-21(25)16-8-14-6-4-5-7-15(14)9-17(16)22(26)27/h4-9,12,18H,10-11H2,1-3H3,(H,24,25)(H,26,27). The number of aromatic carboxylic acids is 1. The number of hydrogen-bond donors (Lipinski definition) is 2. The molecule has 3 aromatic rings. The quantitative estimate of drug-likeness (QED) is 0.681. The molecule has 0 spiro atoms. The first-order chi connectivity index (χ1) is 13.2. The Morgan fingerprint density at radius 3 is 2.43 bits per heavy atom. The molecule has 1 heterocycles. The van der Waals surface area contributed by atoms with Gasteiger partial charge in [0.05, 0.1) is 23.4 Å². The first-order valence-electron chi connectivity index (χ1n) is 9.39. The van der Waals surface area contributed by atoms with Crippen LogP contribution in [0.15, 0.2) is 47.1 Å². The van der Waals surface area contributed by atoms with Crippen LogP contribution in [0.1, 0.15) is 63.9 Å². The lowest BCUT2D eigenvalue weighted by molar-refractivity contribution is 0.0690. The number of carboxylic acids is 1. The van der Waals surface area contributed by atoms with Gasteiger partial charge in [0.2, 0.25) is 0 Å². The molecule has 4 rings (SSSR count). The second-order valence-electron chi connectivity index (χ2n) is 8.38. The monoisotopic (exact) mass is 377 g/mol. The van der Waals surface area contributed by atoms with Gasteiger partial charge in [-0.3, -0.25) is 4.79 Å². The zero-order valence-corrected chi connectivity index (χ0v) is 16.2. The van der Waals surface area contributed by atoms with Crippen molar-refractivity contribution in [1.29, 1.82) is 0 Å². The highest BCUT2D eigenvalue weighted by Crippen LogP contribution is 2.43. The van der Waals surface area contributed by atoms with Crippen molar-refractivity contribution in [1.82, 2.24) is 5.32 Å². The molecule has 1 unspecified atom stereocenters. The van der Waals surface area contributed by atoms with Crippen LogP contribution < -0.4 is 5.32 Å². The Bertz CT molecular complexity index is 1090. The maximum Gasteiger partial charge on any atom is 0.336 e. The molecule has 5 heteroatoms. The Morgan fingerprint density at radius 2 is 1.79 bits per heavy atom. The molecule has 5 nitrogen and oxygen atoms in total. The lowest BCUT2D eigenvalue weighted by Gasteiger charge is -2.35. The van der Waals surface area contributed by atoms with Crippen molar-refractivity contribution < 1.29 is 19.1 Å². The number of rotatable bonds is 3. The number of hydrogen-bond acceptors (Lipinski definition) is 3. The molecule has 0 bridgehead atoms. The maximum absolute atomic E-state index is 13.1. The summed E-state index contributed by atoms with van der Waals surface area (Å²) >= 11 is 0. The fourth-order valence-corrected chi connectivity index (χ4v) is 4.24. The Labute approximate surface area is 163 Å². The molecular formula is C23H23NO4. The van der Waals surface area contributed by atoms with Crippen LogP contribution in [0.3, 0.4) is 0 Å². The lowest BCUT2D eigenvalue weighted by atomic mass is 9.74. The summed E-state index contributed by atoms with van der Waals surface area (Å²) in [4.78, 5) is 24.9. The summed E-state index contributed by atoms with van der Waals surface area (Å²) < 4.78 is 5.71. The van der Waals surface area contributed by atoms with Crippen LogP contribution in [0.2, 0.25) is 0 Å². The van der Waals surface area contributed by atoms with Gasteiger partial charge in [-0.25, -0.2) is 4.79 Å². The SMILES string of the molecule is Cc1coc2c1C(NC(=O)c1cc3ccccc3cc1C(=O)O)CC(C)(C)C2. The Balaban J connectivity index is 1.74. The van der Waals surface area contributed by atoms with Crippen LogP contribution in [-0.2, 0) is 6.42 Å². The van der Waals surface area contributed by atoms with Gasteiger partial charge < -0.3 is 14.8 Å². The number of fused-ring (bicyclic) bond motifs is 2. The number of carbonyl (C=O) groups excluding carboxylic acids is 1. The minimum Gasteiger partial charge on any atom is -0.478 e. The third-order valence-electron chi connectivity index (χ3n) is 5.51. The average Bonchev–Trinajstić information content (AvgIpc) is 2.99. The molecule has 1 atom stereocenters. The largest absolute Gasteiger partial charge is 0.478 e. The van der Waals surface area contributed by atoms with E-state index in [0.29, 0.717) is 0 Å². The van der Waals surface area contributed by atoms with E-state index >= 15 is 0 Å². The zero-order chi connectivity index (χ0) is 20.1. The molecule has 1 aliphatic rings. The van der Waals surface area contributed by atoms with Gasteiger partial charge in [0.25, 0.3) is 5.91 Å². The average molecular weight is 377 g/mol. The molecule has 0 aliphatic heterocycles. The number of nitrogens with one attached hydrogen (secondary N) is 1. The van der Waals surface area contributed by atoms with Crippen molar-refractivity contribution in [2.24, 2.45) is 5.41 Å². The smallest absolute Gasteiger partial charge is 0.336 e. The molecular weight excluding hydrogens is 354 g/mol. The van der Waals surface area contributed by atoms with Gasteiger partial charge in [-0.2, -0.15) is 0 Å². The van der Waals surface area contributed by atoms with Gasteiger partial charge in [0.1, 0.15) is 5.76 Å². The Kier molecular flexibility index (Phi) is 4.26. The summed E-state index contributed by atoms with van der Waals surface area (Å²) in [6.07, 6.45) is 3.31. The topological polar surface area (TPSA) is 79.5 Å². The molecule has 0 fully saturated rings. The van der Waals surface area contributed by atoms with E-state index in [1.165, 1.54) is 0 Å². The second kappa shape index (κ2) is 6.51. The van der Waals surface area contributed by atoms with Crippen LogP contribution in [0.5, 0.6) is 0 Å². The van der Waals surface area contributed by atoms with E-state index in [1.807, 2.05) is 31.2 Å². The highest BCUT2D eigenvalue weighted by Gasteiger charge is 2.36. The van der Waals surface area contributed by atoms with Crippen LogP contribution >= 0.6 is 0 Å². The summed E-state index contributed by atoms with van der Waals surface area (Å²) in [5.74, 6) is -0.589. The molecule has 2 aromatic carbocycles. The van der Waals surface area contributed by atoms with E-state index in [-0.39, 0.29) is 28.5 Å². The molecule has 2 N–H and O–H groups in total. The highest BCUT2D eigenvalue weighted by atomic mass is 16.4. The van der Waals surface area contributed by atoms with Crippen LogP contribution in [0.4, 0.5) is 0 Å². The number of furan rings is 1. The van der Waals surface area contributed by atoms with E-state index < -0.39 is 5.97 Å². The second-order valence-corrected chi connectivity index (χ2v) is 8.38. The lowest BCUT2D eigenvalue weighted by Crippen LogP contribution is -2.37. The fraction of sp³-hybridized carbons (Fsp3) is 0.304. The molecule has 0 saturated carbocycles. The van der Waals surface area contributed by atoms with Gasteiger partial charge in [0.15, 0.2) is 0 Å². The third-order valence-corrected chi connectivity index (χ3v) is 5.51. The summed E-state index contributed by atoms with van der Waals surface area (Å²) in [7, 11) is 0. The van der Waals surface area contributed by atoms with Crippen LogP contribution in [-0.4, -0.2) is 17.0 Å². The first-order valence-corrected chi connectivity index (χ1v) is 9.39. The van der Waals surface area contributed by atoms with Crippen molar-refractivity contribution in [2.75, 3.05) is 0 Å². The number of carbonyl (C=O) groups is 2. The summed E-state index contributed by atoms with van der Waals surface area (Å²) in [6.45, 7) is 6.26. The fourth-order valence-electron chi connectivity index (χ4n) is 4.24. The predicted octanol–water partition coefficient (Wildman–Crippen LogP) is 4.88. The van der Waals surface area contributed by atoms with Gasteiger partial charge in [0, 0.05) is 12.0 Å².